The highest BCUT2D eigenvalue weighted by atomic mass is 15.3. The van der Waals surface area contributed by atoms with Gasteiger partial charge in [0.05, 0.1) is 18.1 Å². The molecule has 3 N–H and O–H groups in total. The van der Waals surface area contributed by atoms with E-state index in [9.17, 15) is 0 Å². The molecular formula is C9H15N5. The van der Waals surface area contributed by atoms with E-state index in [-0.39, 0.29) is 0 Å². The molecule has 0 atom stereocenters. The number of nitrogens with zero attached hydrogens (tertiary/aromatic N) is 3. The zero-order chi connectivity index (χ0) is 10.6. The van der Waals surface area contributed by atoms with Crippen molar-refractivity contribution in [2.45, 2.75) is 19.9 Å². The minimum absolute atomic E-state index is 0.346. The van der Waals surface area contributed by atoms with Gasteiger partial charge in [-0.15, -0.1) is 0 Å². The van der Waals surface area contributed by atoms with Crippen LogP contribution in [0.5, 0.6) is 0 Å². The minimum Gasteiger partial charge on any atom is -0.380 e. The van der Waals surface area contributed by atoms with E-state index in [1.165, 1.54) is 10.9 Å². The van der Waals surface area contributed by atoms with E-state index in [1.807, 2.05) is 13.8 Å². The quantitative estimate of drug-likeness (QED) is 0.685. The molecule has 0 aliphatic carbocycles. The Morgan fingerprint density at radius 3 is 2.93 bits per heavy atom. The van der Waals surface area contributed by atoms with Crippen molar-refractivity contribution in [1.29, 1.82) is 0 Å². The maximum absolute atomic E-state index is 5.66. The molecule has 5 heteroatoms. The fourth-order valence-electron chi connectivity index (χ4n) is 1.02. The summed E-state index contributed by atoms with van der Waals surface area (Å²) in [6.07, 6.45) is 4.82. The van der Waals surface area contributed by atoms with Crippen molar-refractivity contribution in [3.8, 4) is 0 Å². The summed E-state index contributed by atoms with van der Waals surface area (Å²) in [6, 6.07) is 0.346. The van der Waals surface area contributed by atoms with Gasteiger partial charge in [0.2, 0.25) is 5.62 Å². The van der Waals surface area contributed by atoms with E-state index in [2.05, 4.69) is 21.9 Å². The highest BCUT2D eigenvalue weighted by Crippen LogP contribution is 2.01. The van der Waals surface area contributed by atoms with Gasteiger partial charge >= 0.3 is 0 Å². The maximum Gasteiger partial charge on any atom is 0.248 e. The summed E-state index contributed by atoms with van der Waals surface area (Å²) in [5.74, 6) is 5.66. The molecule has 0 fully saturated rings. The molecule has 1 heterocycles. The molecule has 0 aliphatic heterocycles. The topological polar surface area (TPSA) is 68.2 Å². The Morgan fingerprint density at radius 1 is 1.71 bits per heavy atom. The van der Waals surface area contributed by atoms with Crippen molar-refractivity contribution in [2.24, 2.45) is 4.99 Å². The van der Waals surface area contributed by atoms with Crippen LogP contribution >= 0.6 is 0 Å². The number of anilines is 1. The van der Waals surface area contributed by atoms with Crippen LogP contribution in [-0.4, -0.2) is 15.7 Å². The number of rotatable bonds is 3. The summed E-state index contributed by atoms with van der Waals surface area (Å²) >= 11 is 0. The van der Waals surface area contributed by atoms with Crippen LogP contribution in [-0.2, 0) is 0 Å². The van der Waals surface area contributed by atoms with E-state index in [0.29, 0.717) is 11.7 Å². The van der Waals surface area contributed by atoms with Crippen molar-refractivity contribution >= 4 is 5.69 Å². The maximum atomic E-state index is 5.66. The first-order chi connectivity index (χ1) is 6.63. The molecule has 0 saturated carbocycles. The van der Waals surface area contributed by atoms with Crippen LogP contribution in [0.3, 0.4) is 0 Å². The standard InChI is InChI=1S/C9H15N5/c1-4-11-9-12-5-8(6-14(9)10)13-7(2)3/h4-7,13H,1,10H2,2-3H3/b11-9-. The molecule has 76 valence electrons. The number of hydrogen-bond donors (Lipinski definition) is 2. The number of nitrogen functional groups attached to an aromatic ring is 1. The van der Waals surface area contributed by atoms with Gasteiger partial charge in [0.1, 0.15) is 0 Å². The van der Waals surface area contributed by atoms with Crippen molar-refractivity contribution in [3.05, 3.63) is 30.8 Å². The average molecular weight is 193 g/mol. The lowest BCUT2D eigenvalue weighted by Gasteiger charge is -2.10. The van der Waals surface area contributed by atoms with E-state index in [4.69, 9.17) is 5.84 Å². The highest BCUT2D eigenvalue weighted by Gasteiger charge is 1.96. The third-order valence-electron chi connectivity index (χ3n) is 1.49. The highest BCUT2D eigenvalue weighted by molar-refractivity contribution is 5.38. The Morgan fingerprint density at radius 2 is 2.43 bits per heavy atom. The lowest BCUT2D eigenvalue weighted by molar-refractivity contribution is 0.822. The van der Waals surface area contributed by atoms with E-state index >= 15 is 0 Å². The molecule has 1 rings (SSSR count). The largest absolute Gasteiger partial charge is 0.380 e. The summed E-state index contributed by atoms with van der Waals surface area (Å²) in [5, 5.41) is 3.18. The van der Waals surface area contributed by atoms with Crippen LogP contribution in [0.1, 0.15) is 13.8 Å². The minimum atomic E-state index is 0.346. The summed E-state index contributed by atoms with van der Waals surface area (Å²) in [6.45, 7) is 7.57. The van der Waals surface area contributed by atoms with Crippen LogP contribution in [0.25, 0.3) is 0 Å². The van der Waals surface area contributed by atoms with Gasteiger partial charge in [-0.05, 0) is 13.8 Å². The Labute approximate surface area is 83.0 Å². The van der Waals surface area contributed by atoms with Gasteiger partial charge in [-0.1, -0.05) is 6.58 Å². The lowest BCUT2D eigenvalue weighted by Crippen LogP contribution is -2.30. The summed E-state index contributed by atoms with van der Waals surface area (Å²) in [5.41, 5.74) is 1.29. The summed E-state index contributed by atoms with van der Waals surface area (Å²) < 4.78 is 1.35. The predicted octanol–water partition coefficient (Wildman–Crippen LogP) is 0.461. The second-order valence-corrected chi connectivity index (χ2v) is 3.16. The van der Waals surface area contributed by atoms with Crippen molar-refractivity contribution in [2.75, 3.05) is 11.2 Å². The second-order valence-electron chi connectivity index (χ2n) is 3.16. The number of hydrogen-bond acceptors (Lipinski definition) is 4. The predicted molar refractivity (Wildman–Crippen MR) is 56.9 cm³/mol. The molecule has 14 heavy (non-hydrogen) atoms. The molecule has 5 nitrogen and oxygen atoms in total. The molecule has 0 radical (unpaired) electrons. The van der Waals surface area contributed by atoms with Gasteiger partial charge in [0.25, 0.3) is 0 Å². The van der Waals surface area contributed by atoms with Crippen molar-refractivity contribution in [3.63, 3.8) is 0 Å². The fourth-order valence-corrected chi connectivity index (χ4v) is 1.02. The molecule has 0 saturated heterocycles. The van der Waals surface area contributed by atoms with Crippen LogP contribution in [0.4, 0.5) is 5.69 Å². The van der Waals surface area contributed by atoms with Crippen molar-refractivity contribution < 1.29 is 0 Å². The number of aromatic nitrogens is 2. The van der Waals surface area contributed by atoms with Gasteiger partial charge in [0, 0.05) is 12.2 Å². The Kier molecular flexibility index (Phi) is 3.28. The van der Waals surface area contributed by atoms with Crippen molar-refractivity contribution in [1.82, 2.24) is 9.66 Å². The summed E-state index contributed by atoms with van der Waals surface area (Å²) in [4.78, 5) is 7.95. The molecule has 1 aromatic heterocycles. The van der Waals surface area contributed by atoms with Gasteiger partial charge in [-0.2, -0.15) is 0 Å². The Balaban J connectivity index is 3.00. The monoisotopic (exact) mass is 193 g/mol. The van der Waals surface area contributed by atoms with Crippen LogP contribution in [0, 0.1) is 0 Å². The first-order valence-electron chi connectivity index (χ1n) is 4.38. The van der Waals surface area contributed by atoms with E-state index in [1.54, 1.807) is 12.4 Å². The molecule has 1 aromatic rings. The Hall–Kier alpha value is -1.78. The number of nitrogens with two attached hydrogens (primary N) is 1. The average Bonchev–Trinajstić information content (AvgIpc) is 2.09. The zero-order valence-electron chi connectivity index (χ0n) is 8.44. The first-order valence-corrected chi connectivity index (χ1v) is 4.38. The number of nitrogens with one attached hydrogen (secondary N) is 1. The van der Waals surface area contributed by atoms with Crippen LogP contribution in [0.15, 0.2) is 30.2 Å². The van der Waals surface area contributed by atoms with Gasteiger partial charge in [0.15, 0.2) is 0 Å². The molecular weight excluding hydrogens is 178 g/mol. The molecule has 0 aliphatic rings. The molecule has 0 amide bonds. The van der Waals surface area contributed by atoms with Gasteiger partial charge in [-0.3, -0.25) is 0 Å². The SMILES string of the molecule is C=C/N=c1/ncc(NC(C)C)cn1N. The lowest BCUT2D eigenvalue weighted by atomic mass is 10.4. The smallest absolute Gasteiger partial charge is 0.248 e. The molecule has 0 unspecified atom stereocenters. The van der Waals surface area contributed by atoms with E-state index in [0.717, 1.165) is 5.69 Å². The molecule has 0 spiro atoms. The zero-order valence-corrected chi connectivity index (χ0v) is 8.44. The molecule has 0 aromatic carbocycles. The molecule has 0 bridgehead atoms. The fraction of sp³-hybridized carbons (Fsp3) is 0.333. The third kappa shape index (κ3) is 2.62. The summed E-state index contributed by atoms with van der Waals surface area (Å²) in [7, 11) is 0. The Bertz CT molecular complexity index is 377. The van der Waals surface area contributed by atoms with E-state index < -0.39 is 0 Å². The third-order valence-corrected chi connectivity index (χ3v) is 1.49. The van der Waals surface area contributed by atoms with Gasteiger partial charge < -0.3 is 11.2 Å². The second kappa shape index (κ2) is 4.45. The van der Waals surface area contributed by atoms with Crippen LogP contribution < -0.4 is 16.8 Å². The normalized spacial score (nSPS) is 11.8. The van der Waals surface area contributed by atoms with Gasteiger partial charge in [-0.25, -0.2) is 14.7 Å². The van der Waals surface area contributed by atoms with Crippen LogP contribution in [0.2, 0.25) is 0 Å². The first kappa shape index (κ1) is 10.3.